The van der Waals surface area contributed by atoms with Crippen LogP contribution in [0.3, 0.4) is 0 Å². The quantitative estimate of drug-likeness (QED) is 0.248. The van der Waals surface area contributed by atoms with Gasteiger partial charge < -0.3 is 19.3 Å². The number of benzene rings is 2. The molecule has 3 aromatic rings. The van der Waals surface area contributed by atoms with Crippen LogP contribution in [0.4, 0.5) is 13.2 Å². The molecular weight excluding hydrogens is 541 g/mol. The van der Waals surface area contributed by atoms with Gasteiger partial charge in [-0.25, -0.2) is 0 Å². The van der Waals surface area contributed by atoms with Gasteiger partial charge in [0.1, 0.15) is 6.54 Å². The van der Waals surface area contributed by atoms with Crippen LogP contribution in [0, 0.1) is 12.8 Å². The van der Waals surface area contributed by atoms with Crippen molar-refractivity contribution in [1.29, 1.82) is 0 Å². The lowest BCUT2D eigenvalue weighted by molar-refractivity contribution is -0.137. The summed E-state index contributed by atoms with van der Waals surface area (Å²) in [5, 5.41) is 0. The Morgan fingerprint density at radius 3 is 2.27 bits per heavy atom. The van der Waals surface area contributed by atoms with Crippen molar-refractivity contribution in [1.82, 2.24) is 9.80 Å². The lowest BCUT2D eigenvalue weighted by Gasteiger charge is -2.29. The summed E-state index contributed by atoms with van der Waals surface area (Å²) in [7, 11) is 3.12. The third-order valence-corrected chi connectivity index (χ3v) is 7.23. The second-order valence-electron chi connectivity index (χ2n) is 9.93. The Kier molecular flexibility index (Phi) is 10.6. The molecule has 0 unspecified atom stereocenters. The zero-order chi connectivity index (χ0) is 29.4. The van der Waals surface area contributed by atoms with E-state index in [4.69, 9.17) is 9.47 Å². The largest absolute Gasteiger partial charge is 0.493 e. The van der Waals surface area contributed by atoms with E-state index in [1.54, 1.807) is 36.5 Å². The van der Waals surface area contributed by atoms with Gasteiger partial charge in [-0.1, -0.05) is 26.0 Å². The van der Waals surface area contributed by atoms with Crippen LogP contribution in [0.15, 0.2) is 54.6 Å². The van der Waals surface area contributed by atoms with E-state index in [1.807, 2.05) is 45.0 Å². The number of ether oxygens (including phenoxy) is 2. The van der Waals surface area contributed by atoms with Gasteiger partial charge in [-0.05, 0) is 67.3 Å². The first kappa shape index (κ1) is 31.0. The molecule has 3 rings (SSSR count). The van der Waals surface area contributed by atoms with Crippen molar-refractivity contribution in [3.63, 3.8) is 0 Å². The van der Waals surface area contributed by atoms with Crippen LogP contribution >= 0.6 is 11.3 Å². The Hall–Kier alpha value is -3.53. The first-order chi connectivity index (χ1) is 18.9. The average molecular weight is 577 g/mol. The van der Waals surface area contributed by atoms with E-state index in [0.29, 0.717) is 31.0 Å². The number of thiophene rings is 1. The zero-order valence-electron chi connectivity index (χ0n) is 23.4. The summed E-state index contributed by atoms with van der Waals surface area (Å²) in [5.41, 5.74) is -0.0651. The maximum Gasteiger partial charge on any atom is 0.416 e. The van der Waals surface area contributed by atoms with Crippen LogP contribution in [-0.2, 0) is 23.9 Å². The van der Waals surface area contributed by atoms with Crippen LogP contribution in [0.2, 0.25) is 0 Å². The highest BCUT2D eigenvalue weighted by Gasteiger charge is 2.32. The molecule has 1 aromatic heterocycles. The Balaban J connectivity index is 1.84. The van der Waals surface area contributed by atoms with E-state index < -0.39 is 17.6 Å². The van der Waals surface area contributed by atoms with E-state index in [-0.39, 0.29) is 30.5 Å². The van der Waals surface area contributed by atoms with E-state index in [0.717, 1.165) is 27.5 Å². The number of methoxy groups -OCH3 is 2. The van der Waals surface area contributed by atoms with E-state index in [9.17, 15) is 22.8 Å². The van der Waals surface area contributed by atoms with Gasteiger partial charge in [-0.2, -0.15) is 13.2 Å². The lowest BCUT2D eigenvalue weighted by atomic mass is 10.1. The molecule has 0 spiro atoms. The number of amides is 2. The van der Waals surface area contributed by atoms with Crippen molar-refractivity contribution < 1.29 is 32.2 Å². The summed E-state index contributed by atoms with van der Waals surface area (Å²) < 4.78 is 50.6. The van der Waals surface area contributed by atoms with Crippen molar-refractivity contribution in [2.24, 2.45) is 5.92 Å². The molecule has 2 aromatic carbocycles. The fourth-order valence-electron chi connectivity index (χ4n) is 4.28. The van der Waals surface area contributed by atoms with Gasteiger partial charge in [-0.15, -0.1) is 11.3 Å². The molecule has 0 aliphatic carbocycles. The first-order valence-corrected chi connectivity index (χ1v) is 13.7. The highest BCUT2D eigenvalue weighted by molar-refractivity contribution is 7.11. The van der Waals surface area contributed by atoms with E-state index >= 15 is 0 Å². The predicted molar refractivity (Wildman–Crippen MR) is 150 cm³/mol. The summed E-state index contributed by atoms with van der Waals surface area (Å²) in [6, 6.07) is 13.8. The molecule has 0 atom stereocenters. The SMILES string of the molecule is COc1ccc(CCN(Cc2ccc(C)s2)C(=O)CN(CC(C)C)C(=O)c2cccc(C(F)(F)F)c2)cc1OC. The number of rotatable bonds is 12. The lowest BCUT2D eigenvalue weighted by Crippen LogP contribution is -2.44. The van der Waals surface area contributed by atoms with Crippen molar-refractivity contribution in [3.05, 3.63) is 81.0 Å². The molecule has 0 saturated heterocycles. The third kappa shape index (κ3) is 8.48. The Bertz CT molecular complexity index is 1310. The normalized spacial score (nSPS) is 11.4. The van der Waals surface area contributed by atoms with E-state index in [2.05, 4.69) is 0 Å². The Labute approximate surface area is 237 Å². The molecule has 1 heterocycles. The van der Waals surface area contributed by atoms with Crippen LogP contribution in [0.1, 0.15) is 45.1 Å². The van der Waals surface area contributed by atoms with E-state index in [1.165, 1.54) is 17.0 Å². The molecule has 0 bridgehead atoms. The van der Waals surface area contributed by atoms with Crippen LogP contribution in [0.5, 0.6) is 11.5 Å². The monoisotopic (exact) mass is 576 g/mol. The Morgan fingerprint density at radius 2 is 1.68 bits per heavy atom. The second kappa shape index (κ2) is 13.7. The van der Waals surface area contributed by atoms with Gasteiger partial charge in [0, 0.05) is 28.4 Å². The first-order valence-electron chi connectivity index (χ1n) is 12.9. The number of alkyl halides is 3. The second-order valence-corrected chi connectivity index (χ2v) is 11.3. The number of aryl methyl sites for hydroxylation is 1. The summed E-state index contributed by atoms with van der Waals surface area (Å²) in [6.45, 7) is 6.48. The van der Waals surface area contributed by atoms with Crippen LogP contribution < -0.4 is 9.47 Å². The highest BCUT2D eigenvalue weighted by Crippen LogP contribution is 2.30. The topological polar surface area (TPSA) is 59.1 Å². The maximum absolute atomic E-state index is 13.7. The van der Waals surface area contributed by atoms with Crippen molar-refractivity contribution in [2.75, 3.05) is 33.9 Å². The molecular formula is C30H35F3N2O4S. The third-order valence-electron chi connectivity index (χ3n) is 6.25. The molecule has 10 heteroatoms. The molecule has 0 aliphatic rings. The van der Waals surface area contributed by atoms with Crippen LogP contribution in [-0.4, -0.2) is 55.5 Å². The molecule has 0 fully saturated rings. The summed E-state index contributed by atoms with van der Waals surface area (Å²) in [4.78, 5) is 32.2. The minimum atomic E-state index is -4.57. The maximum atomic E-state index is 13.7. The van der Waals surface area contributed by atoms with Crippen molar-refractivity contribution in [2.45, 2.75) is 39.9 Å². The number of carbonyl (C=O) groups excluding carboxylic acids is 2. The zero-order valence-corrected chi connectivity index (χ0v) is 24.2. The molecule has 216 valence electrons. The summed E-state index contributed by atoms with van der Waals surface area (Å²) >= 11 is 1.59. The molecule has 6 nitrogen and oxygen atoms in total. The number of hydrogen-bond acceptors (Lipinski definition) is 5. The minimum Gasteiger partial charge on any atom is -0.493 e. The van der Waals surface area contributed by atoms with Gasteiger partial charge in [0.25, 0.3) is 5.91 Å². The van der Waals surface area contributed by atoms with Gasteiger partial charge in [-0.3, -0.25) is 9.59 Å². The molecule has 2 amide bonds. The minimum absolute atomic E-state index is 0.00251. The number of halogens is 3. The van der Waals surface area contributed by atoms with Crippen molar-refractivity contribution in [3.8, 4) is 11.5 Å². The molecule has 0 radical (unpaired) electrons. The fourth-order valence-corrected chi connectivity index (χ4v) is 5.19. The average Bonchev–Trinajstić information content (AvgIpc) is 3.33. The molecule has 40 heavy (non-hydrogen) atoms. The number of carbonyl (C=O) groups is 2. The van der Waals surface area contributed by atoms with Crippen LogP contribution in [0.25, 0.3) is 0 Å². The molecule has 0 N–H and O–H groups in total. The number of hydrogen-bond donors (Lipinski definition) is 0. The fraction of sp³-hybridized carbons (Fsp3) is 0.400. The highest BCUT2D eigenvalue weighted by atomic mass is 32.1. The van der Waals surface area contributed by atoms with Gasteiger partial charge in [0.15, 0.2) is 11.5 Å². The summed E-state index contributed by atoms with van der Waals surface area (Å²) in [5.74, 6) is 0.294. The summed E-state index contributed by atoms with van der Waals surface area (Å²) in [6.07, 6.45) is -4.04. The van der Waals surface area contributed by atoms with Crippen molar-refractivity contribution >= 4 is 23.2 Å². The number of nitrogens with zero attached hydrogens (tertiary/aromatic N) is 2. The Morgan fingerprint density at radius 1 is 0.950 bits per heavy atom. The molecule has 0 aliphatic heterocycles. The van der Waals surface area contributed by atoms with Gasteiger partial charge in [0.05, 0.1) is 26.3 Å². The standard InChI is InChI=1S/C30H35F3N2O4S/c1-20(2)17-35(29(37)23-7-6-8-24(16-23)30(31,32)33)19-28(36)34(18-25-11-9-21(3)40-25)14-13-22-10-12-26(38-4)27(15-22)39-5/h6-12,15-16,20H,13-14,17-19H2,1-5H3. The molecule has 0 saturated carbocycles. The van der Waals surface area contributed by atoms with Gasteiger partial charge in [0.2, 0.25) is 5.91 Å². The smallest absolute Gasteiger partial charge is 0.416 e. The predicted octanol–water partition coefficient (Wildman–Crippen LogP) is 6.46. The van der Waals surface area contributed by atoms with Gasteiger partial charge >= 0.3 is 6.18 Å².